The van der Waals surface area contributed by atoms with Crippen LogP contribution in [0.25, 0.3) is 0 Å². The molecular formula is C25H27NO4. The van der Waals surface area contributed by atoms with Crippen molar-refractivity contribution in [2.75, 3.05) is 6.54 Å². The van der Waals surface area contributed by atoms with Crippen LogP contribution in [-0.4, -0.2) is 34.7 Å². The van der Waals surface area contributed by atoms with E-state index < -0.39 is 34.6 Å². The molecule has 1 heterocycles. The second-order valence-corrected chi connectivity index (χ2v) is 9.42. The van der Waals surface area contributed by atoms with Gasteiger partial charge in [-0.25, -0.2) is 0 Å². The van der Waals surface area contributed by atoms with Crippen LogP contribution in [0.4, 0.5) is 0 Å². The van der Waals surface area contributed by atoms with Crippen LogP contribution in [0.2, 0.25) is 0 Å². The molecule has 0 unspecified atom stereocenters. The molecule has 1 spiro atoms. The molecule has 0 N–H and O–H groups in total. The van der Waals surface area contributed by atoms with E-state index in [2.05, 4.69) is 0 Å². The molecule has 1 aliphatic carbocycles. The normalized spacial score (nSPS) is 25.7. The summed E-state index contributed by atoms with van der Waals surface area (Å²) in [5.41, 5.74) is 1.22. The zero-order valence-electron chi connectivity index (χ0n) is 17.8. The number of rotatable bonds is 4. The van der Waals surface area contributed by atoms with E-state index in [1.807, 2.05) is 82.3 Å². The van der Waals surface area contributed by atoms with Crippen LogP contribution >= 0.6 is 0 Å². The smallest absolute Gasteiger partial charge is 0.311 e. The van der Waals surface area contributed by atoms with Crippen LogP contribution in [0, 0.1) is 18.3 Å². The van der Waals surface area contributed by atoms with Gasteiger partial charge >= 0.3 is 5.97 Å². The molecular weight excluding hydrogens is 378 g/mol. The highest BCUT2D eigenvalue weighted by Crippen LogP contribution is 2.68. The molecule has 2 aliphatic rings. The van der Waals surface area contributed by atoms with E-state index in [0.29, 0.717) is 6.54 Å². The second kappa shape index (κ2) is 7.08. The summed E-state index contributed by atoms with van der Waals surface area (Å²) in [6, 6.07) is 17.4. The lowest BCUT2D eigenvalue weighted by molar-refractivity contribution is -0.158. The summed E-state index contributed by atoms with van der Waals surface area (Å²) < 4.78 is 5.65. The summed E-state index contributed by atoms with van der Waals surface area (Å²) in [6.07, 6.45) is 0. The van der Waals surface area contributed by atoms with Crippen molar-refractivity contribution in [3.8, 4) is 0 Å². The molecule has 0 aromatic heterocycles. The Bertz CT molecular complexity index is 1010. The van der Waals surface area contributed by atoms with Crippen LogP contribution in [0.5, 0.6) is 0 Å². The van der Waals surface area contributed by atoms with Gasteiger partial charge in [0.05, 0.1) is 11.3 Å². The number of benzene rings is 2. The number of nitrogens with zero attached hydrogens (tertiary/aromatic N) is 1. The Hall–Kier alpha value is -2.95. The van der Waals surface area contributed by atoms with Crippen LogP contribution < -0.4 is 0 Å². The number of ketones is 1. The third-order valence-corrected chi connectivity index (χ3v) is 5.97. The fourth-order valence-corrected chi connectivity index (χ4v) is 4.72. The van der Waals surface area contributed by atoms with E-state index in [9.17, 15) is 14.4 Å². The number of aryl methyl sites for hydroxylation is 1. The quantitative estimate of drug-likeness (QED) is 0.575. The lowest BCUT2D eigenvalue weighted by Gasteiger charge is -2.20. The predicted octanol–water partition coefficient (Wildman–Crippen LogP) is 3.65. The molecule has 1 aliphatic heterocycles. The first-order valence-corrected chi connectivity index (χ1v) is 10.3. The monoisotopic (exact) mass is 405 g/mol. The Balaban J connectivity index is 1.68. The van der Waals surface area contributed by atoms with E-state index in [0.717, 1.165) is 16.7 Å². The Labute approximate surface area is 177 Å². The zero-order valence-corrected chi connectivity index (χ0v) is 17.8. The molecule has 4 rings (SSSR count). The molecule has 2 aromatic rings. The van der Waals surface area contributed by atoms with Crippen molar-refractivity contribution in [1.82, 2.24) is 4.90 Å². The molecule has 1 amide bonds. The highest BCUT2D eigenvalue weighted by atomic mass is 16.6. The number of esters is 1. The maximum absolute atomic E-state index is 13.2. The number of ether oxygens (including phenoxy) is 1. The molecule has 0 radical (unpaired) electrons. The van der Waals surface area contributed by atoms with Gasteiger partial charge in [-0.05, 0) is 38.8 Å². The van der Waals surface area contributed by atoms with Gasteiger partial charge in [0, 0.05) is 19.0 Å². The van der Waals surface area contributed by atoms with Gasteiger partial charge in [0.1, 0.15) is 5.60 Å². The van der Waals surface area contributed by atoms with E-state index >= 15 is 0 Å². The Morgan fingerprint density at radius 2 is 1.80 bits per heavy atom. The van der Waals surface area contributed by atoms with Crippen molar-refractivity contribution < 1.29 is 19.1 Å². The molecule has 0 bridgehead atoms. The van der Waals surface area contributed by atoms with Crippen molar-refractivity contribution in [2.45, 2.75) is 45.8 Å². The number of hydrogen-bond donors (Lipinski definition) is 0. The maximum atomic E-state index is 13.2. The number of likely N-dealkylation sites (tertiary alicyclic amines) is 1. The number of carbonyl (C=O) groups is 3. The molecule has 30 heavy (non-hydrogen) atoms. The average Bonchev–Trinajstić information content (AvgIpc) is 3.29. The average molecular weight is 405 g/mol. The highest BCUT2D eigenvalue weighted by Gasteiger charge is 2.78. The van der Waals surface area contributed by atoms with Gasteiger partial charge in [-0.1, -0.05) is 60.2 Å². The van der Waals surface area contributed by atoms with Crippen molar-refractivity contribution in [2.24, 2.45) is 11.3 Å². The highest BCUT2D eigenvalue weighted by molar-refractivity contribution is 6.42. The minimum atomic E-state index is -1.04. The summed E-state index contributed by atoms with van der Waals surface area (Å²) in [6.45, 7) is 8.00. The molecule has 3 atom stereocenters. The SMILES string of the molecule is Cc1cccc([C@@H]2[C@@H](C(=O)OC(C)(C)C)[C@@]23CN(Cc2ccccc2)C(=O)C3=O)c1. The number of amides is 1. The van der Waals surface area contributed by atoms with Gasteiger partial charge in [-0.2, -0.15) is 0 Å². The third kappa shape index (κ3) is 3.42. The number of Topliss-reactive ketones (excluding diaryl/α,β-unsaturated/α-hetero) is 1. The molecule has 5 nitrogen and oxygen atoms in total. The summed E-state index contributed by atoms with van der Waals surface area (Å²) in [5, 5.41) is 0. The Morgan fingerprint density at radius 3 is 2.43 bits per heavy atom. The van der Waals surface area contributed by atoms with Gasteiger partial charge in [-0.15, -0.1) is 0 Å². The number of hydrogen-bond acceptors (Lipinski definition) is 4. The summed E-state index contributed by atoms with van der Waals surface area (Å²) in [4.78, 5) is 40.8. The largest absolute Gasteiger partial charge is 0.460 e. The molecule has 156 valence electrons. The maximum Gasteiger partial charge on any atom is 0.311 e. The van der Waals surface area contributed by atoms with Gasteiger partial charge in [0.25, 0.3) is 5.91 Å². The van der Waals surface area contributed by atoms with Gasteiger partial charge < -0.3 is 9.64 Å². The predicted molar refractivity (Wildman–Crippen MR) is 113 cm³/mol. The summed E-state index contributed by atoms with van der Waals surface area (Å²) in [7, 11) is 0. The molecule has 2 fully saturated rings. The minimum absolute atomic E-state index is 0.238. The Kier molecular flexibility index (Phi) is 4.80. The summed E-state index contributed by atoms with van der Waals surface area (Å²) in [5.74, 6) is -2.37. The van der Waals surface area contributed by atoms with Gasteiger partial charge in [0.2, 0.25) is 5.78 Å². The topological polar surface area (TPSA) is 63.7 Å². The molecule has 1 saturated heterocycles. The zero-order chi connectivity index (χ0) is 21.7. The first-order chi connectivity index (χ1) is 14.1. The molecule has 2 aromatic carbocycles. The molecule has 1 saturated carbocycles. The summed E-state index contributed by atoms with van der Waals surface area (Å²) >= 11 is 0. The fraction of sp³-hybridized carbons (Fsp3) is 0.400. The van der Waals surface area contributed by atoms with E-state index in [-0.39, 0.29) is 12.5 Å². The van der Waals surface area contributed by atoms with E-state index in [4.69, 9.17) is 4.74 Å². The first-order valence-electron chi connectivity index (χ1n) is 10.3. The van der Waals surface area contributed by atoms with Gasteiger partial charge in [-0.3, -0.25) is 14.4 Å². The Morgan fingerprint density at radius 1 is 1.10 bits per heavy atom. The number of carbonyl (C=O) groups excluding carboxylic acids is 3. The minimum Gasteiger partial charge on any atom is -0.460 e. The van der Waals surface area contributed by atoms with Crippen molar-refractivity contribution in [1.29, 1.82) is 0 Å². The van der Waals surface area contributed by atoms with Crippen LogP contribution in [-0.2, 0) is 25.7 Å². The van der Waals surface area contributed by atoms with Crippen LogP contribution in [0.1, 0.15) is 43.4 Å². The second-order valence-electron chi connectivity index (χ2n) is 9.42. The lowest BCUT2D eigenvalue weighted by atomic mass is 9.95. The van der Waals surface area contributed by atoms with Crippen LogP contribution in [0.15, 0.2) is 54.6 Å². The lowest BCUT2D eigenvalue weighted by Crippen LogP contribution is -2.28. The van der Waals surface area contributed by atoms with E-state index in [1.54, 1.807) is 4.90 Å². The molecule has 5 heteroatoms. The van der Waals surface area contributed by atoms with Gasteiger partial charge in [0.15, 0.2) is 0 Å². The first kappa shape index (κ1) is 20.3. The van der Waals surface area contributed by atoms with Crippen molar-refractivity contribution in [3.63, 3.8) is 0 Å². The van der Waals surface area contributed by atoms with Crippen molar-refractivity contribution in [3.05, 3.63) is 71.3 Å². The van der Waals surface area contributed by atoms with E-state index in [1.165, 1.54) is 0 Å². The van der Waals surface area contributed by atoms with Crippen LogP contribution in [0.3, 0.4) is 0 Å². The van der Waals surface area contributed by atoms with Crippen molar-refractivity contribution >= 4 is 17.7 Å². The standard InChI is InChI=1S/C25H27NO4/c1-16-9-8-12-18(13-16)19-20(23(29)30-24(2,3)4)25(19)15-26(22(28)21(25)27)14-17-10-6-5-7-11-17/h5-13,19-20H,14-15H2,1-4H3/t19-,20+,25-/m1/s1. The fourth-order valence-electron chi connectivity index (χ4n) is 4.72. The third-order valence-electron chi connectivity index (χ3n) is 5.97.